The lowest BCUT2D eigenvalue weighted by atomic mass is 9.97. The van der Waals surface area contributed by atoms with Gasteiger partial charge in [0.05, 0.1) is 7.11 Å². The van der Waals surface area contributed by atoms with Crippen molar-refractivity contribution in [2.45, 2.75) is 38.3 Å². The van der Waals surface area contributed by atoms with E-state index in [0.717, 1.165) is 25.8 Å². The van der Waals surface area contributed by atoms with Gasteiger partial charge >= 0.3 is 0 Å². The highest BCUT2D eigenvalue weighted by Crippen LogP contribution is 2.26. The van der Waals surface area contributed by atoms with E-state index >= 15 is 0 Å². The van der Waals surface area contributed by atoms with E-state index in [-0.39, 0.29) is 37.0 Å². The molecule has 2 N–H and O–H groups in total. The van der Waals surface area contributed by atoms with Crippen LogP contribution in [0.5, 0.6) is 11.5 Å². The van der Waals surface area contributed by atoms with Crippen molar-refractivity contribution in [2.24, 2.45) is 5.73 Å². The number of carbonyl (C=O) groups is 1. The number of benzene rings is 1. The molecule has 1 aliphatic rings. The van der Waals surface area contributed by atoms with Crippen LogP contribution in [0.15, 0.2) is 24.3 Å². The van der Waals surface area contributed by atoms with Gasteiger partial charge in [0.2, 0.25) is 0 Å². The number of rotatable bonds is 5. The highest BCUT2D eigenvalue weighted by molar-refractivity contribution is 5.85. The minimum atomic E-state index is -0.0134. The molecule has 22 heavy (non-hydrogen) atoms. The summed E-state index contributed by atoms with van der Waals surface area (Å²) in [6.45, 7) is 2.74. The van der Waals surface area contributed by atoms with Gasteiger partial charge in [-0.15, -0.1) is 12.4 Å². The van der Waals surface area contributed by atoms with Crippen LogP contribution in [0.25, 0.3) is 0 Å². The monoisotopic (exact) mass is 328 g/mol. The zero-order chi connectivity index (χ0) is 15.2. The Morgan fingerprint density at radius 2 is 2.05 bits per heavy atom. The van der Waals surface area contributed by atoms with E-state index in [1.165, 1.54) is 0 Å². The molecule has 0 aromatic heterocycles. The van der Waals surface area contributed by atoms with Crippen molar-refractivity contribution in [3.63, 3.8) is 0 Å². The number of likely N-dealkylation sites (tertiary alicyclic amines) is 1. The van der Waals surface area contributed by atoms with Crippen molar-refractivity contribution in [3.8, 4) is 11.5 Å². The van der Waals surface area contributed by atoms with Crippen LogP contribution in [0.4, 0.5) is 0 Å². The standard InChI is InChI=1S/C16H24N2O3.ClH/c1-12(17)13-7-5-6-10-18(13)16(19)11-21-15-9-4-3-8-14(15)20-2;/h3-4,8-9,12-13H,5-7,10-11,17H2,1-2H3;1H. The molecule has 1 aliphatic heterocycles. The lowest BCUT2D eigenvalue weighted by Crippen LogP contribution is -2.52. The molecule has 5 nitrogen and oxygen atoms in total. The minimum absolute atomic E-state index is 0. The number of hydrogen-bond acceptors (Lipinski definition) is 4. The molecular weight excluding hydrogens is 304 g/mol. The molecule has 1 aromatic carbocycles. The Labute approximate surface area is 138 Å². The van der Waals surface area contributed by atoms with Crippen molar-refractivity contribution in [3.05, 3.63) is 24.3 Å². The maximum atomic E-state index is 12.4. The molecule has 1 fully saturated rings. The second-order valence-electron chi connectivity index (χ2n) is 5.45. The Bertz CT molecular complexity index is 482. The SMILES string of the molecule is COc1ccccc1OCC(=O)N1CCCCC1C(C)N.Cl. The average Bonchev–Trinajstić information content (AvgIpc) is 2.52. The predicted octanol–water partition coefficient (Wildman–Crippen LogP) is 2.22. The quantitative estimate of drug-likeness (QED) is 0.900. The largest absolute Gasteiger partial charge is 0.493 e. The molecule has 2 rings (SSSR count). The fraction of sp³-hybridized carbons (Fsp3) is 0.562. The summed E-state index contributed by atoms with van der Waals surface area (Å²) in [7, 11) is 1.58. The Balaban J connectivity index is 0.00000242. The van der Waals surface area contributed by atoms with Crippen LogP contribution in [0.3, 0.4) is 0 Å². The van der Waals surface area contributed by atoms with E-state index < -0.39 is 0 Å². The number of methoxy groups -OCH3 is 1. The summed E-state index contributed by atoms with van der Waals surface area (Å²) >= 11 is 0. The highest BCUT2D eigenvalue weighted by Gasteiger charge is 2.29. The van der Waals surface area contributed by atoms with Gasteiger partial charge in [0.15, 0.2) is 18.1 Å². The molecule has 2 unspecified atom stereocenters. The molecule has 0 aliphatic carbocycles. The van der Waals surface area contributed by atoms with E-state index in [2.05, 4.69) is 0 Å². The topological polar surface area (TPSA) is 64.8 Å². The summed E-state index contributed by atoms with van der Waals surface area (Å²) in [6, 6.07) is 7.43. The van der Waals surface area contributed by atoms with Crippen LogP contribution in [-0.2, 0) is 4.79 Å². The molecule has 6 heteroatoms. The van der Waals surface area contributed by atoms with Gasteiger partial charge < -0.3 is 20.1 Å². The number of hydrogen-bond donors (Lipinski definition) is 1. The average molecular weight is 329 g/mol. The fourth-order valence-corrected chi connectivity index (χ4v) is 2.77. The van der Waals surface area contributed by atoms with E-state index in [4.69, 9.17) is 15.2 Å². The molecule has 1 heterocycles. The summed E-state index contributed by atoms with van der Waals surface area (Å²) in [6.07, 6.45) is 3.13. The lowest BCUT2D eigenvalue weighted by molar-refractivity contribution is -0.137. The summed E-state index contributed by atoms with van der Waals surface area (Å²) in [5.74, 6) is 1.21. The Kier molecular flexibility index (Phi) is 7.48. The van der Waals surface area contributed by atoms with E-state index in [1.54, 1.807) is 13.2 Å². The third-order valence-electron chi connectivity index (χ3n) is 3.90. The van der Waals surface area contributed by atoms with Crippen LogP contribution in [0.2, 0.25) is 0 Å². The molecular formula is C16H25ClN2O3. The Hall–Kier alpha value is -1.46. The molecule has 0 radical (unpaired) electrons. The third-order valence-corrected chi connectivity index (χ3v) is 3.90. The molecule has 1 saturated heterocycles. The van der Waals surface area contributed by atoms with Crippen LogP contribution in [0.1, 0.15) is 26.2 Å². The first-order chi connectivity index (χ1) is 10.1. The highest BCUT2D eigenvalue weighted by atomic mass is 35.5. The first-order valence-electron chi connectivity index (χ1n) is 7.44. The zero-order valence-electron chi connectivity index (χ0n) is 13.2. The number of piperidine rings is 1. The lowest BCUT2D eigenvalue weighted by Gasteiger charge is -2.38. The second kappa shape index (κ2) is 8.86. The van der Waals surface area contributed by atoms with Gasteiger partial charge in [-0.3, -0.25) is 4.79 Å². The van der Waals surface area contributed by atoms with Crippen LogP contribution in [-0.4, -0.2) is 43.2 Å². The number of para-hydroxylation sites is 2. The summed E-state index contributed by atoms with van der Waals surface area (Å²) in [4.78, 5) is 14.3. The fourth-order valence-electron chi connectivity index (χ4n) is 2.77. The number of amides is 1. The second-order valence-corrected chi connectivity index (χ2v) is 5.45. The van der Waals surface area contributed by atoms with Crippen LogP contribution < -0.4 is 15.2 Å². The van der Waals surface area contributed by atoms with Crippen molar-refractivity contribution >= 4 is 18.3 Å². The summed E-state index contributed by atoms with van der Waals surface area (Å²) < 4.78 is 10.8. The van der Waals surface area contributed by atoms with Gasteiger partial charge in [-0.2, -0.15) is 0 Å². The van der Waals surface area contributed by atoms with Crippen molar-refractivity contribution < 1.29 is 14.3 Å². The number of ether oxygens (including phenoxy) is 2. The van der Waals surface area contributed by atoms with E-state index in [0.29, 0.717) is 11.5 Å². The van der Waals surface area contributed by atoms with Gasteiger partial charge in [0, 0.05) is 18.6 Å². The number of nitrogens with zero attached hydrogens (tertiary/aromatic N) is 1. The number of halogens is 1. The zero-order valence-corrected chi connectivity index (χ0v) is 14.0. The number of nitrogens with two attached hydrogens (primary N) is 1. The smallest absolute Gasteiger partial charge is 0.260 e. The molecule has 2 atom stereocenters. The maximum absolute atomic E-state index is 12.4. The Morgan fingerprint density at radius 3 is 2.68 bits per heavy atom. The number of carbonyl (C=O) groups excluding carboxylic acids is 1. The van der Waals surface area contributed by atoms with Crippen molar-refractivity contribution in [1.82, 2.24) is 4.90 Å². The first kappa shape index (κ1) is 18.6. The minimum Gasteiger partial charge on any atom is -0.493 e. The molecule has 0 spiro atoms. The van der Waals surface area contributed by atoms with E-state index in [9.17, 15) is 4.79 Å². The van der Waals surface area contributed by atoms with Gasteiger partial charge in [0.25, 0.3) is 5.91 Å². The van der Waals surface area contributed by atoms with Gasteiger partial charge in [-0.25, -0.2) is 0 Å². The summed E-state index contributed by atoms with van der Waals surface area (Å²) in [5, 5.41) is 0. The van der Waals surface area contributed by atoms with Crippen LogP contribution in [0, 0.1) is 0 Å². The third kappa shape index (κ3) is 4.52. The van der Waals surface area contributed by atoms with E-state index in [1.807, 2.05) is 30.0 Å². The van der Waals surface area contributed by atoms with Crippen LogP contribution >= 0.6 is 12.4 Å². The first-order valence-corrected chi connectivity index (χ1v) is 7.44. The molecule has 0 saturated carbocycles. The molecule has 0 bridgehead atoms. The Morgan fingerprint density at radius 1 is 1.36 bits per heavy atom. The summed E-state index contributed by atoms with van der Waals surface area (Å²) in [5.41, 5.74) is 5.99. The molecule has 1 aromatic rings. The van der Waals surface area contributed by atoms with Crippen molar-refractivity contribution in [2.75, 3.05) is 20.3 Å². The van der Waals surface area contributed by atoms with Crippen molar-refractivity contribution in [1.29, 1.82) is 0 Å². The van der Waals surface area contributed by atoms with Gasteiger partial charge in [-0.1, -0.05) is 12.1 Å². The van der Waals surface area contributed by atoms with Gasteiger partial charge in [-0.05, 0) is 38.3 Å². The van der Waals surface area contributed by atoms with Gasteiger partial charge in [0.1, 0.15) is 0 Å². The molecule has 124 valence electrons. The molecule has 1 amide bonds. The predicted molar refractivity (Wildman–Crippen MR) is 88.7 cm³/mol. The maximum Gasteiger partial charge on any atom is 0.260 e. The normalized spacial score (nSPS) is 19.0.